The molecule has 1 aromatic rings. The Kier molecular flexibility index (Phi) is 3.23. The van der Waals surface area contributed by atoms with Gasteiger partial charge >= 0.3 is 0 Å². The molecule has 1 aromatic carbocycles. The van der Waals surface area contributed by atoms with Gasteiger partial charge in [-0.2, -0.15) is 9.98 Å². The van der Waals surface area contributed by atoms with Gasteiger partial charge < -0.3 is 0 Å². The number of hydrogen-bond acceptors (Lipinski definition) is 3. The first-order valence-corrected chi connectivity index (χ1v) is 5.51. The molecule has 0 aliphatic carbocycles. The number of nitriles is 1. The molecule has 0 aliphatic heterocycles. The number of nitrogens with one attached hydrogen (secondary N) is 1. The highest BCUT2D eigenvalue weighted by Gasteiger charge is 2.15. The molecule has 0 heterocycles. The van der Waals surface area contributed by atoms with Gasteiger partial charge in [0.25, 0.3) is 0 Å². The number of benzene rings is 1. The zero-order valence-corrected chi connectivity index (χ0v) is 8.45. The maximum Gasteiger partial charge on any atom is 0.241 e. The first-order valence-electron chi connectivity index (χ1n) is 4.03. The highest BCUT2D eigenvalue weighted by molar-refractivity contribution is 7.89. The molecule has 0 bridgehead atoms. The Hall–Kier alpha value is -1.38. The van der Waals surface area contributed by atoms with Gasteiger partial charge in [-0.15, -0.1) is 0 Å². The maximum atomic E-state index is 11.5. The molecule has 1 N–H and O–H groups in total. The van der Waals surface area contributed by atoms with E-state index in [9.17, 15) is 8.42 Å². The second-order valence-corrected chi connectivity index (χ2v) is 4.50. The number of nitrogens with zero attached hydrogens (tertiary/aromatic N) is 1. The van der Waals surface area contributed by atoms with Crippen LogP contribution < -0.4 is 4.72 Å². The van der Waals surface area contributed by atoms with E-state index in [0.29, 0.717) is 0 Å². The lowest BCUT2D eigenvalue weighted by Crippen LogP contribution is -2.31. The summed E-state index contributed by atoms with van der Waals surface area (Å²) in [6, 6.07) is 9.03. The summed E-state index contributed by atoms with van der Waals surface area (Å²) >= 11 is 0. The standard InChI is InChI=1S/C9H10N2O2S/c1-8(7-10)11-14(12,13)9-5-3-2-4-6-9/h2-6,8,11H,1H3/t8-/m0/s1. The summed E-state index contributed by atoms with van der Waals surface area (Å²) in [7, 11) is -3.54. The Morgan fingerprint density at radius 1 is 1.36 bits per heavy atom. The van der Waals surface area contributed by atoms with E-state index in [1.807, 2.05) is 0 Å². The molecule has 5 heteroatoms. The fourth-order valence-electron chi connectivity index (χ4n) is 0.927. The van der Waals surface area contributed by atoms with Gasteiger partial charge in [-0.25, -0.2) is 8.42 Å². The first-order chi connectivity index (χ1) is 6.56. The molecule has 0 fully saturated rings. The fraction of sp³-hybridized carbons (Fsp3) is 0.222. The van der Waals surface area contributed by atoms with E-state index < -0.39 is 16.1 Å². The molecule has 0 aromatic heterocycles. The molecular formula is C9H10N2O2S. The lowest BCUT2D eigenvalue weighted by Gasteiger charge is -2.06. The molecule has 4 nitrogen and oxygen atoms in total. The minimum Gasteiger partial charge on any atom is -0.207 e. The summed E-state index contributed by atoms with van der Waals surface area (Å²) < 4.78 is 25.3. The summed E-state index contributed by atoms with van der Waals surface area (Å²) in [4.78, 5) is 0.169. The molecule has 14 heavy (non-hydrogen) atoms. The van der Waals surface area contributed by atoms with Crippen LogP contribution in [0.4, 0.5) is 0 Å². The van der Waals surface area contributed by atoms with Gasteiger partial charge in [0.15, 0.2) is 0 Å². The number of rotatable bonds is 3. The average molecular weight is 210 g/mol. The second kappa shape index (κ2) is 4.22. The smallest absolute Gasteiger partial charge is 0.207 e. The summed E-state index contributed by atoms with van der Waals surface area (Å²) in [5.74, 6) is 0. The quantitative estimate of drug-likeness (QED) is 0.805. The molecular weight excluding hydrogens is 200 g/mol. The number of hydrogen-bond donors (Lipinski definition) is 1. The zero-order chi connectivity index (χ0) is 10.6. The SMILES string of the molecule is C[C@@H](C#N)NS(=O)(=O)c1ccccc1. The minimum atomic E-state index is -3.54. The van der Waals surface area contributed by atoms with Crippen LogP contribution in [0.1, 0.15) is 6.92 Å². The second-order valence-electron chi connectivity index (χ2n) is 2.79. The molecule has 0 saturated heterocycles. The van der Waals surface area contributed by atoms with Crippen LogP contribution in [-0.2, 0) is 10.0 Å². The van der Waals surface area contributed by atoms with Crippen molar-refractivity contribution in [2.24, 2.45) is 0 Å². The van der Waals surface area contributed by atoms with E-state index in [-0.39, 0.29) is 4.90 Å². The molecule has 0 amide bonds. The highest BCUT2D eigenvalue weighted by atomic mass is 32.2. The third-order valence-electron chi connectivity index (χ3n) is 1.58. The Morgan fingerprint density at radius 3 is 2.43 bits per heavy atom. The zero-order valence-electron chi connectivity index (χ0n) is 7.64. The van der Waals surface area contributed by atoms with Gasteiger partial charge in [0.2, 0.25) is 10.0 Å². The highest BCUT2D eigenvalue weighted by Crippen LogP contribution is 2.07. The van der Waals surface area contributed by atoms with Crippen molar-refractivity contribution in [1.82, 2.24) is 4.72 Å². The van der Waals surface area contributed by atoms with E-state index in [4.69, 9.17) is 5.26 Å². The van der Waals surface area contributed by atoms with Crippen LogP contribution in [0, 0.1) is 11.3 Å². The maximum absolute atomic E-state index is 11.5. The van der Waals surface area contributed by atoms with Crippen molar-refractivity contribution in [2.45, 2.75) is 17.9 Å². The Bertz CT molecular complexity index is 434. The van der Waals surface area contributed by atoms with Crippen LogP contribution in [0.25, 0.3) is 0 Å². The van der Waals surface area contributed by atoms with Crippen LogP contribution in [-0.4, -0.2) is 14.5 Å². The van der Waals surface area contributed by atoms with Crippen LogP contribution >= 0.6 is 0 Å². The molecule has 0 saturated carbocycles. The predicted molar refractivity (Wildman–Crippen MR) is 51.8 cm³/mol. The summed E-state index contributed by atoms with van der Waals surface area (Å²) in [6.45, 7) is 1.49. The van der Waals surface area contributed by atoms with E-state index in [1.165, 1.54) is 19.1 Å². The lowest BCUT2D eigenvalue weighted by atomic mass is 10.4. The largest absolute Gasteiger partial charge is 0.241 e. The Morgan fingerprint density at radius 2 is 1.93 bits per heavy atom. The van der Waals surface area contributed by atoms with Crippen molar-refractivity contribution in [2.75, 3.05) is 0 Å². The fourth-order valence-corrected chi connectivity index (χ4v) is 2.10. The molecule has 74 valence electrons. The van der Waals surface area contributed by atoms with Gasteiger partial charge in [0.1, 0.15) is 6.04 Å². The van der Waals surface area contributed by atoms with Crippen LogP contribution in [0.15, 0.2) is 35.2 Å². The molecule has 0 unspecified atom stereocenters. The summed E-state index contributed by atoms with van der Waals surface area (Å²) in [5.41, 5.74) is 0. The summed E-state index contributed by atoms with van der Waals surface area (Å²) in [6.07, 6.45) is 0. The van der Waals surface area contributed by atoms with E-state index in [0.717, 1.165) is 0 Å². The van der Waals surface area contributed by atoms with Crippen molar-refractivity contribution in [3.8, 4) is 6.07 Å². The van der Waals surface area contributed by atoms with Gasteiger partial charge in [0, 0.05) is 0 Å². The van der Waals surface area contributed by atoms with Gasteiger partial charge in [-0.3, -0.25) is 0 Å². The van der Waals surface area contributed by atoms with Crippen LogP contribution in [0.3, 0.4) is 0 Å². The van der Waals surface area contributed by atoms with Gasteiger partial charge in [-0.05, 0) is 19.1 Å². The molecule has 1 rings (SSSR count). The third-order valence-corrected chi connectivity index (χ3v) is 3.14. The van der Waals surface area contributed by atoms with E-state index >= 15 is 0 Å². The minimum absolute atomic E-state index is 0.169. The van der Waals surface area contributed by atoms with E-state index in [1.54, 1.807) is 24.3 Å². The van der Waals surface area contributed by atoms with Crippen molar-refractivity contribution < 1.29 is 8.42 Å². The third kappa shape index (κ3) is 2.55. The molecule has 0 radical (unpaired) electrons. The predicted octanol–water partition coefficient (Wildman–Crippen LogP) is 0.877. The van der Waals surface area contributed by atoms with Crippen molar-refractivity contribution in [1.29, 1.82) is 5.26 Å². The van der Waals surface area contributed by atoms with Gasteiger partial charge in [-0.1, -0.05) is 18.2 Å². The van der Waals surface area contributed by atoms with Crippen molar-refractivity contribution >= 4 is 10.0 Å². The van der Waals surface area contributed by atoms with Gasteiger partial charge in [0.05, 0.1) is 11.0 Å². The molecule has 1 atom stereocenters. The van der Waals surface area contributed by atoms with Crippen LogP contribution in [0.5, 0.6) is 0 Å². The molecule has 0 spiro atoms. The summed E-state index contributed by atoms with van der Waals surface area (Å²) in [5, 5.41) is 8.47. The first kappa shape index (κ1) is 10.7. The van der Waals surface area contributed by atoms with E-state index in [2.05, 4.69) is 4.72 Å². The monoisotopic (exact) mass is 210 g/mol. The van der Waals surface area contributed by atoms with Crippen molar-refractivity contribution in [3.05, 3.63) is 30.3 Å². The molecule has 0 aliphatic rings. The lowest BCUT2D eigenvalue weighted by molar-refractivity contribution is 0.577. The number of sulfonamides is 1. The van der Waals surface area contributed by atoms with Crippen LogP contribution in [0.2, 0.25) is 0 Å². The van der Waals surface area contributed by atoms with Crippen molar-refractivity contribution in [3.63, 3.8) is 0 Å². The Balaban J connectivity index is 2.94. The normalized spacial score (nSPS) is 13.1. The average Bonchev–Trinajstić information content (AvgIpc) is 2.18. The topological polar surface area (TPSA) is 70.0 Å². The Labute approximate surface area is 83.2 Å².